The van der Waals surface area contributed by atoms with Crippen LogP contribution in [0, 0.1) is 11.8 Å². The Morgan fingerprint density at radius 2 is 2.31 bits per heavy atom. The third-order valence-corrected chi connectivity index (χ3v) is 3.26. The maximum atomic E-state index is 10.9. The number of carbonyl (C=O) groups is 1. The second kappa shape index (κ2) is 2.69. The summed E-state index contributed by atoms with van der Waals surface area (Å²) in [5.41, 5.74) is -0.884. The molecule has 4 heteroatoms. The van der Waals surface area contributed by atoms with Gasteiger partial charge in [-0.2, -0.15) is 0 Å². The highest BCUT2D eigenvalue weighted by Crippen LogP contribution is 2.44. The molecular formula is C9H14O4. The van der Waals surface area contributed by atoms with Gasteiger partial charge in [-0.25, -0.2) is 0 Å². The highest BCUT2D eigenvalue weighted by Gasteiger charge is 2.52. The molecule has 0 aromatic heterocycles. The molecule has 2 fully saturated rings. The van der Waals surface area contributed by atoms with Gasteiger partial charge < -0.3 is 14.9 Å². The maximum absolute atomic E-state index is 10.9. The van der Waals surface area contributed by atoms with Gasteiger partial charge in [-0.1, -0.05) is 0 Å². The molecule has 2 N–H and O–H groups in total. The molecule has 0 radical (unpaired) electrons. The summed E-state index contributed by atoms with van der Waals surface area (Å²) in [6, 6.07) is 0. The van der Waals surface area contributed by atoms with Crippen LogP contribution in [-0.4, -0.2) is 34.5 Å². The zero-order valence-corrected chi connectivity index (χ0v) is 7.56. The summed E-state index contributed by atoms with van der Waals surface area (Å²) in [4.78, 5) is 10.9. The molecular weight excluding hydrogens is 172 g/mol. The van der Waals surface area contributed by atoms with Crippen molar-refractivity contribution >= 4 is 5.97 Å². The average Bonchev–Trinajstić information content (AvgIpc) is 2.22. The van der Waals surface area contributed by atoms with Gasteiger partial charge in [0.2, 0.25) is 0 Å². The molecule has 4 unspecified atom stereocenters. The predicted octanol–water partition coefficient (Wildman–Crippen LogP) is -0.319. The number of hydrogen-bond donors (Lipinski definition) is 2. The molecule has 1 aliphatic carbocycles. The number of aliphatic hydroxyl groups is 2. The normalized spacial score (nSPS) is 50.1. The number of carbonyl (C=O) groups excluding carboxylic acids is 1. The van der Waals surface area contributed by atoms with E-state index in [9.17, 15) is 15.0 Å². The van der Waals surface area contributed by atoms with Gasteiger partial charge in [0, 0.05) is 18.3 Å². The zero-order chi connectivity index (χ0) is 9.64. The van der Waals surface area contributed by atoms with Crippen molar-refractivity contribution in [1.82, 2.24) is 0 Å². The van der Waals surface area contributed by atoms with E-state index >= 15 is 0 Å². The average molecular weight is 186 g/mol. The van der Waals surface area contributed by atoms with E-state index in [1.807, 2.05) is 0 Å². The monoisotopic (exact) mass is 186 g/mol. The molecule has 4 atom stereocenters. The third kappa shape index (κ3) is 1.34. The van der Waals surface area contributed by atoms with Crippen LogP contribution in [0.15, 0.2) is 0 Å². The summed E-state index contributed by atoms with van der Waals surface area (Å²) in [6.45, 7) is 1.94. The first-order chi connectivity index (χ1) is 6.00. The molecule has 13 heavy (non-hydrogen) atoms. The molecule has 1 aliphatic heterocycles. The first-order valence-electron chi connectivity index (χ1n) is 4.57. The minimum atomic E-state index is -0.884. The van der Waals surface area contributed by atoms with Crippen LogP contribution in [0.5, 0.6) is 0 Å². The number of ether oxygens (including phenoxy) is 1. The van der Waals surface area contributed by atoms with Crippen molar-refractivity contribution in [2.75, 3.05) is 6.61 Å². The van der Waals surface area contributed by atoms with E-state index < -0.39 is 11.7 Å². The van der Waals surface area contributed by atoms with Gasteiger partial charge in [-0.05, 0) is 6.92 Å². The second-order valence-corrected chi connectivity index (χ2v) is 4.29. The van der Waals surface area contributed by atoms with E-state index in [1.165, 1.54) is 0 Å². The van der Waals surface area contributed by atoms with Crippen LogP contribution < -0.4 is 0 Å². The Bertz CT molecular complexity index is 236. The first kappa shape index (κ1) is 8.97. The van der Waals surface area contributed by atoms with E-state index in [-0.39, 0.29) is 30.8 Å². The standard InChI is InChI=1S/C9H14O4/c1-9(12)3-7(10)5-2-8(11)13-4-6(5)9/h5-7,10,12H,2-4H2,1H3. The quantitative estimate of drug-likeness (QED) is 0.509. The Kier molecular flexibility index (Phi) is 1.85. The van der Waals surface area contributed by atoms with Gasteiger partial charge in [0.15, 0.2) is 0 Å². The van der Waals surface area contributed by atoms with Crippen LogP contribution in [0.1, 0.15) is 19.8 Å². The number of fused-ring (bicyclic) bond motifs is 1. The van der Waals surface area contributed by atoms with Crippen LogP contribution in [0.3, 0.4) is 0 Å². The Labute approximate surface area is 76.5 Å². The van der Waals surface area contributed by atoms with Crippen molar-refractivity contribution in [3.8, 4) is 0 Å². The third-order valence-electron chi connectivity index (χ3n) is 3.26. The molecule has 0 bridgehead atoms. The lowest BCUT2D eigenvalue weighted by molar-refractivity contribution is -0.158. The van der Waals surface area contributed by atoms with Gasteiger partial charge in [-0.3, -0.25) is 4.79 Å². The summed E-state index contributed by atoms with van der Waals surface area (Å²) in [7, 11) is 0. The van der Waals surface area contributed by atoms with Gasteiger partial charge in [0.25, 0.3) is 0 Å². The van der Waals surface area contributed by atoms with Gasteiger partial charge in [-0.15, -0.1) is 0 Å². The van der Waals surface area contributed by atoms with Crippen LogP contribution in [0.4, 0.5) is 0 Å². The molecule has 1 saturated heterocycles. The molecule has 0 aromatic rings. The lowest BCUT2D eigenvalue weighted by Crippen LogP contribution is -2.40. The molecule has 0 spiro atoms. The lowest BCUT2D eigenvalue weighted by atomic mass is 9.84. The summed E-state index contributed by atoms with van der Waals surface area (Å²) < 4.78 is 4.87. The summed E-state index contributed by atoms with van der Waals surface area (Å²) in [5.74, 6) is -0.477. The van der Waals surface area contributed by atoms with Crippen molar-refractivity contribution in [2.45, 2.75) is 31.5 Å². The predicted molar refractivity (Wildman–Crippen MR) is 43.8 cm³/mol. The minimum absolute atomic E-state index is 0.0970. The Balaban J connectivity index is 2.19. The van der Waals surface area contributed by atoms with Crippen molar-refractivity contribution in [1.29, 1.82) is 0 Å². The van der Waals surface area contributed by atoms with E-state index in [4.69, 9.17) is 4.74 Å². The minimum Gasteiger partial charge on any atom is -0.465 e. The smallest absolute Gasteiger partial charge is 0.306 e. The van der Waals surface area contributed by atoms with Crippen LogP contribution in [-0.2, 0) is 9.53 Å². The first-order valence-corrected chi connectivity index (χ1v) is 4.57. The Hall–Kier alpha value is -0.610. The summed E-state index contributed by atoms with van der Waals surface area (Å²) >= 11 is 0. The summed E-state index contributed by atoms with van der Waals surface area (Å²) in [6.07, 6.45) is 0.0221. The molecule has 1 saturated carbocycles. The number of rotatable bonds is 0. The zero-order valence-electron chi connectivity index (χ0n) is 7.56. The number of cyclic esters (lactones) is 1. The van der Waals surface area contributed by atoms with Crippen LogP contribution in [0.25, 0.3) is 0 Å². The highest BCUT2D eigenvalue weighted by molar-refractivity contribution is 5.70. The van der Waals surface area contributed by atoms with Gasteiger partial charge >= 0.3 is 5.97 Å². The molecule has 74 valence electrons. The molecule has 2 aliphatic rings. The molecule has 0 aromatic carbocycles. The van der Waals surface area contributed by atoms with E-state index in [1.54, 1.807) is 6.92 Å². The fourth-order valence-corrected chi connectivity index (χ4v) is 2.47. The SMILES string of the molecule is CC1(O)CC(O)C2CC(=O)OCC21. The van der Waals surface area contributed by atoms with Crippen LogP contribution in [0.2, 0.25) is 0 Å². The van der Waals surface area contributed by atoms with Gasteiger partial charge in [0.1, 0.15) is 0 Å². The van der Waals surface area contributed by atoms with Crippen molar-refractivity contribution in [3.05, 3.63) is 0 Å². The molecule has 4 nitrogen and oxygen atoms in total. The molecule has 2 rings (SSSR count). The van der Waals surface area contributed by atoms with Crippen molar-refractivity contribution in [3.63, 3.8) is 0 Å². The number of hydrogen-bond acceptors (Lipinski definition) is 4. The fourth-order valence-electron chi connectivity index (χ4n) is 2.47. The van der Waals surface area contributed by atoms with E-state index in [2.05, 4.69) is 0 Å². The molecule has 1 heterocycles. The largest absolute Gasteiger partial charge is 0.465 e. The number of aliphatic hydroxyl groups excluding tert-OH is 1. The maximum Gasteiger partial charge on any atom is 0.306 e. The fraction of sp³-hybridized carbons (Fsp3) is 0.889. The van der Waals surface area contributed by atoms with Crippen molar-refractivity contribution < 1.29 is 19.7 Å². The van der Waals surface area contributed by atoms with Gasteiger partial charge in [0.05, 0.1) is 24.7 Å². The second-order valence-electron chi connectivity index (χ2n) is 4.29. The molecule has 0 amide bonds. The van der Waals surface area contributed by atoms with Crippen molar-refractivity contribution in [2.24, 2.45) is 11.8 Å². The van der Waals surface area contributed by atoms with E-state index in [0.717, 1.165) is 0 Å². The Morgan fingerprint density at radius 1 is 1.62 bits per heavy atom. The Morgan fingerprint density at radius 3 is 3.00 bits per heavy atom. The number of esters is 1. The topological polar surface area (TPSA) is 66.8 Å². The van der Waals surface area contributed by atoms with E-state index in [0.29, 0.717) is 6.42 Å². The highest BCUT2D eigenvalue weighted by atomic mass is 16.5. The lowest BCUT2D eigenvalue weighted by Gasteiger charge is -2.31. The van der Waals surface area contributed by atoms with Crippen LogP contribution >= 0.6 is 0 Å². The summed E-state index contributed by atoms with van der Waals surface area (Å²) in [5, 5.41) is 19.5.